The molecule has 0 aromatic carbocycles. The van der Waals surface area contributed by atoms with E-state index in [9.17, 15) is 4.79 Å². The number of nitrogens with zero attached hydrogens (tertiary/aromatic N) is 2. The molecule has 0 spiro atoms. The van der Waals surface area contributed by atoms with Gasteiger partial charge >= 0.3 is 5.97 Å². The van der Waals surface area contributed by atoms with E-state index in [2.05, 4.69) is 39.8 Å². The van der Waals surface area contributed by atoms with Gasteiger partial charge in [-0.15, -0.1) is 35.3 Å². The average molecular weight is 508 g/mol. The first kappa shape index (κ1) is 24.1. The van der Waals surface area contributed by atoms with Gasteiger partial charge in [-0.3, -0.25) is 4.79 Å². The van der Waals surface area contributed by atoms with Crippen LogP contribution in [0, 0.1) is 0 Å². The molecule has 0 amide bonds. The van der Waals surface area contributed by atoms with Crippen LogP contribution in [-0.2, 0) is 16.1 Å². The first-order valence-corrected chi connectivity index (χ1v) is 10.6. The SMILES string of the molecule is CCNC(=NCc1nc(C(C)C)cs1)NCCCC(=O)OC1CCCC1.I. The Hall–Kier alpha value is -0.900. The average Bonchev–Trinajstić information content (AvgIpc) is 3.28. The minimum atomic E-state index is -0.0790. The number of ether oxygens (including phenoxy) is 1. The van der Waals surface area contributed by atoms with E-state index in [1.54, 1.807) is 11.3 Å². The van der Waals surface area contributed by atoms with Gasteiger partial charge in [0.1, 0.15) is 11.1 Å². The molecule has 0 saturated heterocycles. The third kappa shape index (κ3) is 9.23. The van der Waals surface area contributed by atoms with E-state index in [1.165, 1.54) is 12.8 Å². The summed E-state index contributed by atoms with van der Waals surface area (Å²) in [6.07, 6.45) is 5.76. The highest BCUT2D eigenvalue weighted by atomic mass is 127. The molecular weight excluding hydrogens is 475 g/mol. The molecule has 27 heavy (non-hydrogen) atoms. The fraction of sp³-hybridized carbons (Fsp3) is 0.737. The van der Waals surface area contributed by atoms with Crippen LogP contribution < -0.4 is 10.6 Å². The Balaban J connectivity index is 0.00000364. The standard InChI is InChI=1S/C19H32N4O2S.HI/c1-4-20-19(22-12-17-23-16(13-26-17)14(2)3)21-11-7-10-18(24)25-15-8-5-6-9-15;/h13-15H,4-12H2,1-3H3,(H2,20,21,22);1H. The van der Waals surface area contributed by atoms with Gasteiger partial charge < -0.3 is 15.4 Å². The Morgan fingerprint density at radius 2 is 2.11 bits per heavy atom. The summed E-state index contributed by atoms with van der Waals surface area (Å²) in [5.41, 5.74) is 1.12. The zero-order chi connectivity index (χ0) is 18.8. The molecule has 0 unspecified atom stereocenters. The topological polar surface area (TPSA) is 75.6 Å². The van der Waals surface area contributed by atoms with Crippen molar-refractivity contribution >= 4 is 47.2 Å². The molecule has 0 atom stereocenters. The molecule has 1 fully saturated rings. The van der Waals surface area contributed by atoms with E-state index < -0.39 is 0 Å². The highest BCUT2D eigenvalue weighted by Gasteiger charge is 2.18. The lowest BCUT2D eigenvalue weighted by molar-refractivity contribution is -0.148. The van der Waals surface area contributed by atoms with Gasteiger partial charge in [0.05, 0.1) is 12.2 Å². The third-order valence-corrected chi connectivity index (χ3v) is 5.18. The zero-order valence-corrected chi connectivity index (χ0v) is 19.8. The monoisotopic (exact) mass is 508 g/mol. The molecular formula is C19H33IN4O2S. The fourth-order valence-corrected chi connectivity index (χ4v) is 3.72. The largest absolute Gasteiger partial charge is 0.462 e. The molecule has 154 valence electrons. The quantitative estimate of drug-likeness (QED) is 0.172. The highest BCUT2D eigenvalue weighted by molar-refractivity contribution is 14.0. The van der Waals surface area contributed by atoms with Crippen molar-refractivity contribution < 1.29 is 9.53 Å². The Morgan fingerprint density at radius 1 is 1.37 bits per heavy atom. The van der Waals surface area contributed by atoms with Crippen LogP contribution in [0.3, 0.4) is 0 Å². The molecule has 6 nitrogen and oxygen atoms in total. The van der Waals surface area contributed by atoms with E-state index >= 15 is 0 Å². The maximum atomic E-state index is 11.8. The predicted molar refractivity (Wildman–Crippen MR) is 122 cm³/mol. The Bertz CT molecular complexity index is 586. The number of rotatable bonds is 9. The molecule has 0 radical (unpaired) electrons. The normalized spacial score (nSPS) is 14.9. The van der Waals surface area contributed by atoms with Crippen molar-refractivity contribution in [3.63, 3.8) is 0 Å². The van der Waals surface area contributed by atoms with Gasteiger partial charge in [0, 0.05) is 24.9 Å². The lowest BCUT2D eigenvalue weighted by Crippen LogP contribution is -2.37. The minimum Gasteiger partial charge on any atom is -0.462 e. The van der Waals surface area contributed by atoms with Gasteiger partial charge in [-0.05, 0) is 44.9 Å². The van der Waals surface area contributed by atoms with E-state index in [0.717, 1.165) is 42.5 Å². The van der Waals surface area contributed by atoms with E-state index in [-0.39, 0.29) is 36.0 Å². The molecule has 1 heterocycles. The van der Waals surface area contributed by atoms with E-state index in [0.29, 0.717) is 25.4 Å². The number of hydrogen-bond acceptors (Lipinski definition) is 5. The number of carbonyl (C=O) groups is 1. The summed E-state index contributed by atoms with van der Waals surface area (Å²) in [5, 5.41) is 9.63. The Morgan fingerprint density at radius 3 is 2.74 bits per heavy atom. The van der Waals surface area contributed by atoms with E-state index in [4.69, 9.17) is 4.74 Å². The summed E-state index contributed by atoms with van der Waals surface area (Å²) in [6, 6.07) is 0. The van der Waals surface area contributed by atoms with Crippen LogP contribution in [0.5, 0.6) is 0 Å². The van der Waals surface area contributed by atoms with Gasteiger partial charge in [0.25, 0.3) is 0 Å². The molecule has 0 aliphatic heterocycles. The van der Waals surface area contributed by atoms with Crippen LogP contribution in [0.25, 0.3) is 0 Å². The molecule has 2 rings (SSSR count). The third-order valence-electron chi connectivity index (χ3n) is 4.33. The summed E-state index contributed by atoms with van der Waals surface area (Å²) < 4.78 is 5.47. The first-order chi connectivity index (χ1) is 12.6. The van der Waals surface area contributed by atoms with Gasteiger partial charge in [-0.25, -0.2) is 9.98 Å². The smallest absolute Gasteiger partial charge is 0.306 e. The second-order valence-corrected chi connectivity index (χ2v) is 7.89. The molecule has 1 aliphatic rings. The predicted octanol–water partition coefficient (Wildman–Crippen LogP) is 4.21. The number of halogens is 1. The number of aromatic nitrogens is 1. The summed E-state index contributed by atoms with van der Waals surface area (Å²) >= 11 is 1.65. The molecule has 1 aromatic heterocycles. The van der Waals surface area contributed by atoms with Crippen molar-refractivity contribution in [2.24, 2.45) is 4.99 Å². The molecule has 1 saturated carbocycles. The number of aliphatic imine (C=N–C) groups is 1. The first-order valence-electron chi connectivity index (χ1n) is 9.74. The maximum absolute atomic E-state index is 11.8. The molecule has 8 heteroatoms. The second kappa shape index (κ2) is 13.3. The summed E-state index contributed by atoms with van der Waals surface area (Å²) in [4.78, 5) is 21.0. The Labute approximate surface area is 184 Å². The number of hydrogen-bond donors (Lipinski definition) is 2. The number of nitrogens with one attached hydrogen (secondary N) is 2. The fourth-order valence-electron chi connectivity index (χ4n) is 2.84. The van der Waals surface area contributed by atoms with Crippen LogP contribution in [0.1, 0.15) is 75.9 Å². The zero-order valence-electron chi connectivity index (χ0n) is 16.6. The summed E-state index contributed by atoms with van der Waals surface area (Å²) in [5.74, 6) is 1.13. The van der Waals surface area contributed by atoms with Crippen molar-refractivity contribution in [2.45, 2.75) is 77.9 Å². The highest BCUT2D eigenvalue weighted by Crippen LogP contribution is 2.21. The van der Waals surface area contributed by atoms with E-state index in [1.807, 2.05) is 6.92 Å². The van der Waals surface area contributed by atoms with Gasteiger partial charge in [0.2, 0.25) is 0 Å². The van der Waals surface area contributed by atoms with Gasteiger partial charge in [0.15, 0.2) is 5.96 Å². The van der Waals surface area contributed by atoms with Crippen molar-refractivity contribution in [3.8, 4) is 0 Å². The van der Waals surface area contributed by atoms with Crippen LogP contribution in [-0.4, -0.2) is 36.1 Å². The lowest BCUT2D eigenvalue weighted by Gasteiger charge is -2.12. The lowest BCUT2D eigenvalue weighted by atomic mass is 10.2. The van der Waals surface area contributed by atoms with Crippen molar-refractivity contribution in [1.82, 2.24) is 15.6 Å². The number of guanidine groups is 1. The van der Waals surface area contributed by atoms with Crippen LogP contribution in [0.15, 0.2) is 10.4 Å². The van der Waals surface area contributed by atoms with Crippen molar-refractivity contribution in [3.05, 3.63) is 16.1 Å². The number of carbonyl (C=O) groups excluding carboxylic acids is 1. The van der Waals surface area contributed by atoms with Crippen LogP contribution >= 0.6 is 35.3 Å². The van der Waals surface area contributed by atoms with Gasteiger partial charge in [-0.1, -0.05) is 13.8 Å². The molecule has 2 N–H and O–H groups in total. The Kier molecular flexibility index (Phi) is 11.9. The van der Waals surface area contributed by atoms with Crippen molar-refractivity contribution in [2.75, 3.05) is 13.1 Å². The van der Waals surface area contributed by atoms with Crippen LogP contribution in [0.4, 0.5) is 0 Å². The number of esters is 1. The van der Waals surface area contributed by atoms with Crippen molar-refractivity contribution in [1.29, 1.82) is 0 Å². The van der Waals surface area contributed by atoms with Crippen LogP contribution in [0.2, 0.25) is 0 Å². The maximum Gasteiger partial charge on any atom is 0.306 e. The minimum absolute atomic E-state index is 0. The molecule has 1 aliphatic carbocycles. The summed E-state index contributed by atoms with van der Waals surface area (Å²) in [6.45, 7) is 8.38. The molecule has 1 aromatic rings. The summed E-state index contributed by atoms with van der Waals surface area (Å²) in [7, 11) is 0. The van der Waals surface area contributed by atoms with Gasteiger partial charge in [-0.2, -0.15) is 0 Å². The second-order valence-electron chi connectivity index (χ2n) is 6.94. The molecule has 0 bridgehead atoms. The number of thiazole rings is 1.